The SMILES string of the molecule is Cc1cccc(C(C#N)Nc2ccccc2Cl)c1. The average Bonchev–Trinajstić information content (AvgIpc) is 2.38. The van der Waals surface area contributed by atoms with Crippen LogP contribution >= 0.6 is 11.6 Å². The van der Waals surface area contributed by atoms with E-state index in [9.17, 15) is 5.26 Å². The Bertz CT molecular complexity index is 587. The van der Waals surface area contributed by atoms with E-state index in [1.54, 1.807) is 6.07 Å². The summed E-state index contributed by atoms with van der Waals surface area (Å²) in [5, 5.41) is 13.0. The van der Waals surface area contributed by atoms with Crippen molar-refractivity contribution in [3.05, 3.63) is 64.7 Å². The molecule has 0 spiro atoms. The molecule has 0 aliphatic rings. The molecule has 3 heteroatoms. The molecule has 2 aromatic carbocycles. The maximum atomic E-state index is 9.27. The predicted molar refractivity (Wildman–Crippen MR) is 74.6 cm³/mol. The summed E-state index contributed by atoms with van der Waals surface area (Å²) < 4.78 is 0. The van der Waals surface area contributed by atoms with Crippen molar-refractivity contribution in [3.63, 3.8) is 0 Å². The molecule has 1 atom stereocenters. The lowest BCUT2D eigenvalue weighted by Gasteiger charge is -2.14. The van der Waals surface area contributed by atoms with Gasteiger partial charge in [-0.15, -0.1) is 0 Å². The Morgan fingerprint density at radius 3 is 2.61 bits per heavy atom. The van der Waals surface area contributed by atoms with Crippen LogP contribution in [0.25, 0.3) is 0 Å². The molecular formula is C15H13ClN2. The number of nitrogens with zero attached hydrogens (tertiary/aromatic N) is 1. The third-order valence-electron chi connectivity index (χ3n) is 2.68. The lowest BCUT2D eigenvalue weighted by atomic mass is 10.1. The van der Waals surface area contributed by atoms with Gasteiger partial charge < -0.3 is 5.32 Å². The van der Waals surface area contributed by atoms with Crippen molar-refractivity contribution >= 4 is 17.3 Å². The fraction of sp³-hybridized carbons (Fsp3) is 0.133. The van der Waals surface area contributed by atoms with Crippen LogP contribution in [0.2, 0.25) is 5.02 Å². The summed E-state index contributed by atoms with van der Waals surface area (Å²) in [6, 6.07) is 17.2. The minimum absolute atomic E-state index is 0.398. The summed E-state index contributed by atoms with van der Waals surface area (Å²) in [5.41, 5.74) is 2.85. The van der Waals surface area contributed by atoms with E-state index in [1.165, 1.54) is 0 Å². The summed E-state index contributed by atoms with van der Waals surface area (Å²) in [5.74, 6) is 0. The van der Waals surface area contributed by atoms with Gasteiger partial charge in [-0.25, -0.2) is 0 Å². The van der Waals surface area contributed by atoms with Gasteiger partial charge in [0.25, 0.3) is 0 Å². The largest absolute Gasteiger partial charge is 0.365 e. The van der Waals surface area contributed by atoms with E-state index in [0.717, 1.165) is 16.8 Å². The first-order valence-electron chi connectivity index (χ1n) is 5.68. The average molecular weight is 257 g/mol. The van der Waals surface area contributed by atoms with E-state index in [1.807, 2.05) is 49.4 Å². The van der Waals surface area contributed by atoms with Gasteiger partial charge in [0.1, 0.15) is 6.04 Å². The van der Waals surface area contributed by atoms with Crippen molar-refractivity contribution in [2.24, 2.45) is 0 Å². The highest BCUT2D eigenvalue weighted by atomic mass is 35.5. The van der Waals surface area contributed by atoms with Gasteiger partial charge >= 0.3 is 0 Å². The number of para-hydroxylation sites is 1. The van der Waals surface area contributed by atoms with E-state index in [2.05, 4.69) is 11.4 Å². The second-order valence-electron chi connectivity index (χ2n) is 4.10. The van der Waals surface area contributed by atoms with Gasteiger partial charge in [0, 0.05) is 0 Å². The van der Waals surface area contributed by atoms with Crippen LogP contribution in [0, 0.1) is 18.3 Å². The first-order valence-corrected chi connectivity index (χ1v) is 6.06. The lowest BCUT2D eigenvalue weighted by Crippen LogP contribution is -2.08. The highest BCUT2D eigenvalue weighted by Crippen LogP contribution is 2.25. The smallest absolute Gasteiger partial charge is 0.140 e. The van der Waals surface area contributed by atoms with Crippen molar-refractivity contribution in [3.8, 4) is 6.07 Å². The fourth-order valence-electron chi connectivity index (χ4n) is 1.77. The maximum absolute atomic E-state index is 9.27. The minimum atomic E-state index is -0.398. The van der Waals surface area contributed by atoms with Gasteiger partial charge in [-0.3, -0.25) is 0 Å². The normalized spacial score (nSPS) is 11.6. The summed E-state index contributed by atoms with van der Waals surface area (Å²) in [6.07, 6.45) is 0. The Hall–Kier alpha value is -1.98. The van der Waals surface area contributed by atoms with Gasteiger partial charge in [-0.05, 0) is 24.6 Å². The number of aryl methyl sites for hydroxylation is 1. The highest BCUT2D eigenvalue weighted by molar-refractivity contribution is 6.33. The minimum Gasteiger partial charge on any atom is -0.365 e. The number of nitrogens with one attached hydrogen (secondary N) is 1. The third-order valence-corrected chi connectivity index (χ3v) is 3.01. The molecular weight excluding hydrogens is 244 g/mol. The predicted octanol–water partition coefficient (Wildman–Crippen LogP) is 4.33. The number of anilines is 1. The second-order valence-corrected chi connectivity index (χ2v) is 4.51. The summed E-state index contributed by atoms with van der Waals surface area (Å²) >= 11 is 6.07. The highest BCUT2D eigenvalue weighted by Gasteiger charge is 2.11. The number of halogens is 1. The quantitative estimate of drug-likeness (QED) is 0.887. The van der Waals surface area contributed by atoms with Crippen LogP contribution in [-0.4, -0.2) is 0 Å². The van der Waals surface area contributed by atoms with Crippen LogP contribution in [0.5, 0.6) is 0 Å². The van der Waals surface area contributed by atoms with Gasteiger partial charge in [-0.1, -0.05) is 53.6 Å². The second kappa shape index (κ2) is 5.57. The molecule has 0 aliphatic carbocycles. The third kappa shape index (κ3) is 2.82. The standard InChI is InChI=1S/C15H13ClN2/c1-11-5-4-6-12(9-11)15(10-17)18-14-8-3-2-7-13(14)16/h2-9,15,18H,1H3. The number of benzene rings is 2. The molecule has 0 bridgehead atoms. The van der Waals surface area contributed by atoms with Gasteiger partial charge in [0.2, 0.25) is 0 Å². The number of nitriles is 1. The molecule has 0 saturated heterocycles. The van der Waals surface area contributed by atoms with Crippen molar-refractivity contribution < 1.29 is 0 Å². The molecule has 90 valence electrons. The number of hydrogen-bond acceptors (Lipinski definition) is 2. The Kier molecular flexibility index (Phi) is 3.86. The Morgan fingerprint density at radius 1 is 1.17 bits per heavy atom. The van der Waals surface area contributed by atoms with Crippen LogP contribution in [0.4, 0.5) is 5.69 Å². The molecule has 0 fully saturated rings. The molecule has 1 N–H and O–H groups in total. The van der Waals surface area contributed by atoms with Gasteiger partial charge in [0.15, 0.2) is 0 Å². The molecule has 0 aliphatic heterocycles. The molecule has 0 aromatic heterocycles. The van der Waals surface area contributed by atoms with Crippen molar-refractivity contribution in [2.75, 3.05) is 5.32 Å². The van der Waals surface area contributed by atoms with Crippen LogP contribution in [0.15, 0.2) is 48.5 Å². The Balaban J connectivity index is 2.26. The molecule has 0 saturated carbocycles. The van der Waals surface area contributed by atoms with Crippen molar-refractivity contribution in [1.29, 1.82) is 5.26 Å². The van der Waals surface area contributed by atoms with Crippen molar-refractivity contribution in [2.45, 2.75) is 13.0 Å². The Labute approximate surface area is 112 Å². The van der Waals surface area contributed by atoms with Crippen LogP contribution < -0.4 is 5.32 Å². The summed E-state index contributed by atoms with van der Waals surface area (Å²) in [4.78, 5) is 0. The van der Waals surface area contributed by atoms with E-state index in [4.69, 9.17) is 11.6 Å². The zero-order valence-electron chi connectivity index (χ0n) is 10.0. The first-order chi connectivity index (χ1) is 8.70. The zero-order chi connectivity index (χ0) is 13.0. The van der Waals surface area contributed by atoms with E-state index >= 15 is 0 Å². The molecule has 0 amide bonds. The van der Waals surface area contributed by atoms with Gasteiger partial charge in [-0.2, -0.15) is 5.26 Å². The molecule has 2 rings (SSSR count). The Morgan fingerprint density at radius 2 is 1.94 bits per heavy atom. The topological polar surface area (TPSA) is 35.8 Å². The molecule has 2 nitrogen and oxygen atoms in total. The van der Waals surface area contributed by atoms with E-state index < -0.39 is 6.04 Å². The van der Waals surface area contributed by atoms with E-state index in [0.29, 0.717) is 5.02 Å². The maximum Gasteiger partial charge on any atom is 0.140 e. The van der Waals surface area contributed by atoms with E-state index in [-0.39, 0.29) is 0 Å². The lowest BCUT2D eigenvalue weighted by molar-refractivity contribution is 0.994. The molecule has 2 aromatic rings. The zero-order valence-corrected chi connectivity index (χ0v) is 10.8. The van der Waals surface area contributed by atoms with Crippen LogP contribution in [-0.2, 0) is 0 Å². The van der Waals surface area contributed by atoms with Gasteiger partial charge in [0.05, 0.1) is 16.8 Å². The summed E-state index contributed by atoms with van der Waals surface area (Å²) in [7, 11) is 0. The molecule has 0 radical (unpaired) electrons. The van der Waals surface area contributed by atoms with Crippen LogP contribution in [0.3, 0.4) is 0 Å². The van der Waals surface area contributed by atoms with Crippen LogP contribution in [0.1, 0.15) is 17.2 Å². The molecule has 0 heterocycles. The molecule has 1 unspecified atom stereocenters. The summed E-state index contributed by atoms with van der Waals surface area (Å²) in [6.45, 7) is 2.01. The van der Waals surface area contributed by atoms with Crippen molar-refractivity contribution in [1.82, 2.24) is 0 Å². The monoisotopic (exact) mass is 256 g/mol. The first kappa shape index (κ1) is 12.5. The number of rotatable bonds is 3. The number of hydrogen-bond donors (Lipinski definition) is 1. The molecule has 18 heavy (non-hydrogen) atoms. The fourth-order valence-corrected chi connectivity index (χ4v) is 1.96.